The molecule has 2 aromatic rings. The summed E-state index contributed by atoms with van der Waals surface area (Å²) in [6.45, 7) is 9.28. The molecule has 0 unspecified atom stereocenters. The predicted octanol–water partition coefficient (Wildman–Crippen LogP) is 3.19. The number of likely N-dealkylation sites (tertiary alicyclic amines) is 1. The van der Waals surface area contributed by atoms with E-state index in [1.807, 2.05) is 38.7 Å². The molecule has 0 saturated carbocycles. The summed E-state index contributed by atoms with van der Waals surface area (Å²) < 4.78 is 5.49. The van der Waals surface area contributed by atoms with Gasteiger partial charge in [-0.25, -0.2) is 0 Å². The Morgan fingerprint density at radius 1 is 1.33 bits per heavy atom. The highest BCUT2D eigenvalue weighted by Crippen LogP contribution is 2.30. The van der Waals surface area contributed by atoms with Gasteiger partial charge in [0.25, 0.3) is 0 Å². The number of piperidine rings is 1. The molecule has 0 radical (unpaired) electrons. The van der Waals surface area contributed by atoms with Crippen molar-refractivity contribution in [2.24, 2.45) is 5.41 Å². The average molecular weight is 328 g/mol. The van der Waals surface area contributed by atoms with Crippen LogP contribution in [0, 0.1) is 12.3 Å². The van der Waals surface area contributed by atoms with E-state index in [1.54, 1.807) is 12.4 Å². The summed E-state index contributed by atoms with van der Waals surface area (Å²) in [6.07, 6.45) is 5.44. The number of carbonyl (C=O) groups excluding carboxylic acids is 1. The molecule has 1 saturated heterocycles. The highest BCUT2D eigenvalue weighted by molar-refractivity contribution is 5.81. The van der Waals surface area contributed by atoms with Crippen LogP contribution in [0.4, 0.5) is 0 Å². The number of aromatic nitrogens is 3. The third-order valence-corrected chi connectivity index (χ3v) is 4.27. The van der Waals surface area contributed by atoms with Crippen LogP contribution in [0.15, 0.2) is 23.0 Å². The number of hydrogen-bond acceptors (Lipinski definition) is 5. The Morgan fingerprint density at radius 2 is 2.12 bits per heavy atom. The third-order valence-electron chi connectivity index (χ3n) is 4.27. The van der Waals surface area contributed by atoms with Gasteiger partial charge in [-0.3, -0.25) is 9.78 Å². The van der Waals surface area contributed by atoms with Crippen LogP contribution in [0.3, 0.4) is 0 Å². The number of nitrogens with zero attached hydrogens (tertiary/aromatic N) is 4. The molecule has 1 fully saturated rings. The lowest BCUT2D eigenvalue weighted by atomic mass is 9.91. The van der Waals surface area contributed by atoms with Gasteiger partial charge in [-0.1, -0.05) is 25.9 Å². The first-order valence-corrected chi connectivity index (χ1v) is 8.39. The SMILES string of the molecule is Cc1cncc(-c2noc([C@@H]3CCCN(C(=O)C(C)(C)C)C3)n2)c1. The summed E-state index contributed by atoms with van der Waals surface area (Å²) >= 11 is 0. The van der Waals surface area contributed by atoms with Crippen LogP contribution in [-0.2, 0) is 4.79 Å². The van der Waals surface area contributed by atoms with E-state index in [0.717, 1.165) is 30.5 Å². The Balaban J connectivity index is 1.76. The lowest BCUT2D eigenvalue weighted by Gasteiger charge is -2.35. The van der Waals surface area contributed by atoms with Crippen molar-refractivity contribution in [1.29, 1.82) is 0 Å². The molecule has 6 heteroatoms. The molecule has 0 bridgehead atoms. The van der Waals surface area contributed by atoms with Crippen LogP contribution < -0.4 is 0 Å². The molecule has 0 spiro atoms. The van der Waals surface area contributed by atoms with Crippen molar-refractivity contribution in [2.75, 3.05) is 13.1 Å². The molecule has 3 heterocycles. The van der Waals surface area contributed by atoms with Gasteiger partial charge in [-0.05, 0) is 31.4 Å². The number of hydrogen-bond donors (Lipinski definition) is 0. The van der Waals surface area contributed by atoms with Gasteiger partial charge < -0.3 is 9.42 Å². The second kappa shape index (κ2) is 6.34. The molecule has 0 aromatic carbocycles. The maximum absolute atomic E-state index is 12.5. The van der Waals surface area contributed by atoms with E-state index >= 15 is 0 Å². The van der Waals surface area contributed by atoms with E-state index in [2.05, 4.69) is 15.1 Å². The Labute approximate surface area is 142 Å². The minimum absolute atomic E-state index is 0.101. The van der Waals surface area contributed by atoms with Gasteiger partial charge in [0, 0.05) is 36.5 Å². The number of aryl methyl sites for hydroxylation is 1. The zero-order valence-electron chi connectivity index (χ0n) is 14.7. The molecule has 128 valence electrons. The summed E-state index contributed by atoms with van der Waals surface area (Å²) in [5.74, 6) is 1.44. The molecule has 3 rings (SSSR count). The molecule has 1 aliphatic heterocycles. The molecule has 6 nitrogen and oxygen atoms in total. The van der Waals surface area contributed by atoms with Crippen LogP contribution in [0.5, 0.6) is 0 Å². The second-order valence-electron chi connectivity index (χ2n) is 7.55. The Morgan fingerprint density at radius 3 is 2.83 bits per heavy atom. The lowest BCUT2D eigenvalue weighted by Crippen LogP contribution is -2.44. The molecule has 2 aromatic heterocycles. The van der Waals surface area contributed by atoms with E-state index in [-0.39, 0.29) is 17.2 Å². The Hall–Kier alpha value is -2.24. The quantitative estimate of drug-likeness (QED) is 0.846. The highest BCUT2D eigenvalue weighted by Gasteiger charge is 2.33. The predicted molar refractivity (Wildman–Crippen MR) is 90.3 cm³/mol. The third kappa shape index (κ3) is 3.47. The van der Waals surface area contributed by atoms with Gasteiger partial charge in [0.05, 0.1) is 5.92 Å². The number of pyridine rings is 1. The summed E-state index contributed by atoms with van der Waals surface area (Å²) in [5, 5.41) is 4.09. The average Bonchev–Trinajstić information content (AvgIpc) is 3.03. The van der Waals surface area contributed by atoms with E-state index < -0.39 is 0 Å². The van der Waals surface area contributed by atoms with Gasteiger partial charge in [0.1, 0.15) is 0 Å². The van der Waals surface area contributed by atoms with E-state index in [9.17, 15) is 4.79 Å². The van der Waals surface area contributed by atoms with E-state index in [0.29, 0.717) is 18.3 Å². The van der Waals surface area contributed by atoms with Crippen molar-refractivity contribution in [1.82, 2.24) is 20.0 Å². The van der Waals surface area contributed by atoms with Crippen molar-refractivity contribution >= 4 is 5.91 Å². The summed E-state index contributed by atoms with van der Waals surface area (Å²) in [4.78, 5) is 23.2. The van der Waals surface area contributed by atoms with Crippen molar-refractivity contribution in [3.8, 4) is 11.4 Å². The summed E-state index contributed by atoms with van der Waals surface area (Å²) in [5.41, 5.74) is 1.54. The molecule has 0 aliphatic carbocycles. The monoisotopic (exact) mass is 328 g/mol. The van der Waals surface area contributed by atoms with Gasteiger partial charge in [-0.2, -0.15) is 4.98 Å². The van der Waals surface area contributed by atoms with Crippen LogP contribution in [0.1, 0.15) is 51.0 Å². The maximum atomic E-state index is 12.5. The smallest absolute Gasteiger partial charge is 0.231 e. The first kappa shape index (κ1) is 16.6. The normalized spacial score (nSPS) is 18.7. The fourth-order valence-electron chi connectivity index (χ4n) is 3.03. The number of rotatable bonds is 2. The minimum atomic E-state index is -0.366. The molecular formula is C18H24N4O2. The first-order valence-electron chi connectivity index (χ1n) is 8.39. The standard InChI is InChI=1S/C18H24N4O2/c1-12-8-14(10-19-9-12)15-20-16(24-21-15)13-6-5-7-22(11-13)17(23)18(2,3)4/h8-10,13H,5-7,11H2,1-4H3/t13-/m1/s1. The van der Waals surface area contributed by atoms with Crippen molar-refractivity contribution < 1.29 is 9.32 Å². The molecular weight excluding hydrogens is 304 g/mol. The van der Waals surface area contributed by atoms with Gasteiger partial charge in [0.15, 0.2) is 0 Å². The molecule has 1 atom stereocenters. The fourth-order valence-corrected chi connectivity index (χ4v) is 3.03. The van der Waals surface area contributed by atoms with Crippen LogP contribution >= 0.6 is 0 Å². The lowest BCUT2D eigenvalue weighted by molar-refractivity contribution is -0.140. The van der Waals surface area contributed by atoms with E-state index in [4.69, 9.17) is 4.52 Å². The number of carbonyl (C=O) groups is 1. The molecule has 1 amide bonds. The largest absolute Gasteiger partial charge is 0.341 e. The Bertz CT molecular complexity index is 733. The molecule has 1 aliphatic rings. The maximum Gasteiger partial charge on any atom is 0.231 e. The highest BCUT2D eigenvalue weighted by atomic mass is 16.5. The van der Waals surface area contributed by atoms with Gasteiger partial charge in [-0.15, -0.1) is 0 Å². The topological polar surface area (TPSA) is 72.1 Å². The van der Waals surface area contributed by atoms with Crippen molar-refractivity contribution in [2.45, 2.75) is 46.5 Å². The first-order chi connectivity index (χ1) is 11.3. The molecule has 0 N–H and O–H groups in total. The van der Waals surface area contributed by atoms with Crippen molar-refractivity contribution in [3.05, 3.63) is 29.9 Å². The minimum Gasteiger partial charge on any atom is -0.341 e. The van der Waals surface area contributed by atoms with E-state index in [1.165, 1.54) is 0 Å². The van der Waals surface area contributed by atoms with Crippen LogP contribution in [-0.4, -0.2) is 39.0 Å². The number of amides is 1. The zero-order chi connectivity index (χ0) is 17.3. The zero-order valence-corrected chi connectivity index (χ0v) is 14.7. The Kier molecular flexibility index (Phi) is 4.39. The summed E-state index contributed by atoms with van der Waals surface area (Å²) in [7, 11) is 0. The second-order valence-corrected chi connectivity index (χ2v) is 7.55. The van der Waals surface area contributed by atoms with Gasteiger partial charge in [0.2, 0.25) is 17.6 Å². The van der Waals surface area contributed by atoms with Gasteiger partial charge >= 0.3 is 0 Å². The van der Waals surface area contributed by atoms with Crippen molar-refractivity contribution in [3.63, 3.8) is 0 Å². The molecule has 24 heavy (non-hydrogen) atoms. The van der Waals surface area contributed by atoms with Crippen LogP contribution in [0.25, 0.3) is 11.4 Å². The van der Waals surface area contributed by atoms with Crippen LogP contribution in [0.2, 0.25) is 0 Å². The summed E-state index contributed by atoms with van der Waals surface area (Å²) in [6, 6.07) is 1.98. The fraction of sp³-hybridized carbons (Fsp3) is 0.556.